The van der Waals surface area contributed by atoms with E-state index in [-0.39, 0.29) is 41.7 Å². The Morgan fingerprint density at radius 2 is 1.76 bits per heavy atom. The maximum absolute atomic E-state index is 14.0. The number of aromatic hydroxyl groups is 1. The molecule has 4 rings (SSSR count). The van der Waals surface area contributed by atoms with Crippen molar-refractivity contribution >= 4 is 28.8 Å². The number of pyridine rings is 1. The Morgan fingerprint density at radius 3 is 2.41 bits per heavy atom. The van der Waals surface area contributed by atoms with Crippen molar-refractivity contribution in [2.75, 3.05) is 39.9 Å². The molecule has 3 N–H and O–H groups in total. The highest BCUT2D eigenvalue weighted by Gasteiger charge is 2.35. The van der Waals surface area contributed by atoms with Gasteiger partial charge in [-0.2, -0.15) is 0 Å². The number of phenolic OH excluding ortho intramolecular Hbond substituents is 1. The summed E-state index contributed by atoms with van der Waals surface area (Å²) < 4.78 is 10.7. The summed E-state index contributed by atoms with van der Waals surface area (Å²) in [6.45, 7) is 3.25. The summed E-state index contributed by atoms with van der Waals surface area (Å²) in [5, 5.41) is 10.6. The molecule has 0 radical (unpaired) electrons. The van der Waals surface area contributed by atoms with Gasteiger partial charge in [0.15, 0.2) is 0 Å². The molecular weight excluding hydrogens is 476 g/mol. The topological polar surface area (TPSA) is 135 Å². The SMILES string of the molecule is CCOC(=O)N1CCN(C(=O)C(Cc2cccc(O)c2)c2nc3ccccc3c(OC)c2C(N)=O)CC1. The van der Waals surface area contributed by atoms with E-state index in [0.29, 0.717) is 42.6 Å². The van der Waals surface area contributed by atoms with E-state index in [0.717, 1.165) is 0 Å². The molecule has 3 aromatic rings. The van der Waals surface area contributed by atoms with Gasteiger partial charge in [0.25, 0.3) is 5.91 Å². The number of phenols is 1. The number of methoxy groups -OCH3 is 1. The molecule has 2 heterocycles. The lowest BCUT2D eigenvalue weighted by atomic mass is 9.89. The molecule has 0 bridgehead atoms. The molecule has 10 nitrogen and oxygen atoms in total. The van der Waals surface area contributed by atoms with Crippen LogP contribution in [-0.4, -0.2) is 77.7 Å². The van der Waals surface area contributed by atoms with Crippen LogP contribution in [0.4, 0.5) is 4.79 Å². The average molecular weight is 507 g/mol. The first kappa shape index (κ1) is 25.7. The van der Waals surface area contributed by atoms with Crippen molar-refractivity contribution in [2.45, 2.75) is 19.3 Å². The smallest absolute Gasteiger partial charge is 0.409 e. The number of piperazine rings is 1. The normalized spacial score (nSPS) is 14.3. The van der Waals surface area contributed by atoms with Crippen molar-refractivity contribution in [1.29, 1.82) is 0 Å². The van der Waals surface area contributed by atoms with E-state index in [1.54, 1.807) is 59.2 Å². The van der Waals surface area contributed by atoms with Gasteiger partial charge in [-0.3, -0.25) is 14.6 Å². The van der Waals surface area contributed by atoms with Crippen LogP contribution in [0.25, 0.3) is 10.9 Å². The van der Waals surface area contributed by atoms with Gasteiger partial charge < -0.3 is 30.1 Å². The van der Waals surface area contributed by atoms with E-state index in [1.807, 2.05) is 6.07 Å². The minimum Gasteiger partial charge on any atom is -0.508 e. The molecule has 1 aliphatic heterocycles. The van der Waals surface area contributed by atoms with Crippen molar-refractivity contribution < 1.29 is 29.0 Å². The van der Waals surface area contributed by atoms with Crippen LogP contribution < -0.4 is 10.5 Å². The minimum atomic E-state index is -0.892. The van der Waals surface area contributed by atoms with Crippen molar-refractivity contribution in [3.8, 4) is 11.5 Å². The second-order valence-electron chi connectivity index (χ2n) is 8.72. The van der Waals surface area contributed by atoms with Crippen molar-refractivity contribution in [3.05, 3.63) is 65.4 Å². The third-order valence-corrected chi connectivity index (χ3v) is 6.42. The fourth-order valence-corrected chi connectivity index (χ4v) is 4.67. The molecule has 1 aromatic heterocycles. The molecule has 2 aromatic carbocycles. The molecule has 10 heteroatoms. The maximum atomic E-state index is 14.0. The fraction of sp³-hybridized carbons (Fsp3) is 0.333. The van der Waals surface area contributed by atoms with Crippen LogP contribution >= 0.6 is 0 Å². The molecule has 1 atom stereocenters. The van der Waals surface area contributed by atoms with Crippen LogP contribution in [0.2, 0.25) is 0 Å². The number of nitrogens with two attached hydrogens (primary N) is 1. The molecule has 194 valence electrons. The minimum absolute atomic E-state index is 0.0462. The van der Waals surface area contributed by atoms with Gasteiger partial charge >= 0.3 is 6.09 Å². The summed E-state index contributed by atoms with van der Waals surface area (Å²) in [5.41, 5.74) is 7.32. The predicted molar refractivity (Wildman–Crippen MR) is 137 cm³/mol. The molecular formula is C27H30N4O6. The van der Waals surface area contributed by atoms with Crippen LogP contribution in [0.15, 0.2) is 48.5 Å². The van der Waals surface area contributed by atoms with Gasteiger partial charge in [0.05, 0.1) is 30.8 Å². The highest BCUT2D eigenvalue weighted by atomic mass is 16.6. The van der Waals surface area contributed by atoms with Crippen LogP contribution in [0, 0.1) is 0 Å². The molecule has 1 aliphatic rings. The first-order valence-electron chi connectivity index (χ1n) is 12.1. The largest absolute Gasteiger partial charge is 0.508 e. The van der Waals surface area contributed by atoms with Crippen LogP contribution in [-0.2, 0) is 16.0 Å². The van der Waals surface area contributed by atoms with Crippen LogP contribution in [0.1, 0.15) is 34.5 Å². The highest BCUT2D eigenvalue weighted by molar-refractivity contribution is 6.04. The number of fused-ring (bicyclic) bond motifs is 1. The van der Waals surface area contributed by atoms with Gasteiger partial charge in [0, 0.05) is 31.6 Å². The lowest BCUT2D eigenvalue weighted by molar-refractivity contribution is -0.134. The Kier molecular flexibility index (Phi) is 7.76. The Balaban J connectivity index is 1.77. The summed E-state index contributed by atoms with van der Waals surface area (Å²) >= 11 is 0. The van der Waals surface area contributed by atoms with Crippen molar-refractivity contribution in [3.63, 3.8) is 0 Å². The monoisotopic (exact) mass is 506 g/mol. The molecule has 1 fully saturated rings. The van der Waals surface area contributed by atoms with Gasteiger partial charge in [0.1, 0.15) is 17.1 Å². The Bertz CT molecular complexity index is 1320. The summed E-state index contributed by atoms with van der Waals surface area (Å²) in [7, 11) is 1.44. The van der Waals surface area contributed by atoms with Gasteiger partial charge in [-0.1, -0.05) is 24.3 Å². The number of amides is 3. The standard InChI is InChI=1S/C27H30N4O6/c1-3-37-27(35)31-13-11-30(12-14-31)26(34)20(16-17-7-6-8-18(32)15-17)23-22(25(28)33)24(36-2)19-9-4-5-10-21(19)29-23/h4-10,15,20,32H,3,11-14,16H2,1-2H3,(H2,28,33). The zero-order valence-corrected chi connectivity index (χ0v) is 20.8. The molecule has 0 spiro atoms. The van der Waals surface area contributed by atoms with Crippen molar-refractivity contribution in [2.24, 2.45) is 5.73 Å². The lowest BCUT2D eigenvalue weighted by Crippen LogP contribution is -2.52. The number of ether oxygens (including phenoxy) is 2. The Labute approximate surface area is 214 Å². The Hall–Kier alpha value is -4.34. The molecule has 37 heavy (non-hydrogen) atoms. The summed E-state index contributed by atoms with van der Waals surface area (Å²) in [5.74, 6) is -1.60. The van der Waals surface area contributed by atoms with Gasteiger partial charge in [-0.05, 0) is 43.2 Å². The predicted octanol–water partition coefficient (Wildman–Crippen LogP) is 2.67. The number of hydrogen-bond donors (Lipinski definition) is 2. The number of aromatic nitrogens is 1. The summed E-state index contributed by atoms with van der Waals surface area (Å²) in [6.07, 6.45) is -0.247. The number of para-hydroxylation sites is 1. The van der Waals surface area contributed by atoms with E-state index in [4.69, 9.17) is 20.2 Å². The molecule has 1 saturated heterocycles. The first-order chi connectivity index (χ1) is 17.8. The van der Waals surface area contributed by atoms with E-state index in [1.165, 1.54) is 7.11 Å². The third kappa shape index (κ3) is 5.42. The van der Waals surface area contributed by atoms with Gasteiger partial charge in [0.2, 0.25) is 5.91 Å². The number of carbonyl (C=O) groups is 3. The van der Waals surface area contributed by atoms with E-state index in [2.05, 4.69) is 0 Å². The second-order valence-corrected chi connectivity index (χ2v) is 8.72. The Morgan fingerprint density at radius 1 is 1.05 bits per heavy atom. The maximum Gasteiger partial charge on any atom is 0.409 e. The van der Waals surface area contributed by atoms with E-state index >= 15 is 0 Å². The van der Waals surface area contributed by atoms with E-state index < -0.39 is 17.9 Å². The number of rotatable bonds is 7. The number of benzene rings is 2. The van der Waals surface area contributed by atoms with Crippen LogP contribution in [0.3, 0.4) is 0 Å². The third-order valence-electron chi connectivity index (χ3n) is 6.42. The fourth-order valence-electron chi connectivity index (χ4n) is 4.67. The second kappa shape index (κ2) is 11.2. The van der Waals surface area contributed by atoms with E-state index in [9.17, 15) is 19.5 Å². The summed E-state index contributed by atoms with van der Waals surface area (Å²) in [4.78, 5) is 46.8. The van der Waals surface area contributed by atoms with Gasteiger partial charge in [-0.15, -0.1) is 0 Å². The van der Waals surface area contributed by atoms with Crippen LogP contribution in [0.5, 0.6) is 11.5 Å². The summed E-state index contributed by atoms with van der Waals surface area (Å²) in [6, 6.07) is 13.8. The number of nitrogens with zero attached hydrogens (tertiary/aromatic N) is 3. The van der Waals surface area contributed by atoms with Crippen molar-refractivity contribution in [1.82, 2.24) is 14.8 Å². The average Bonchev–Trinajstić information content (AvgIpc) is 2.90. The number of hydrogen-bond acceptors (Lipinski definition) is 7. The zero-order chi connectivity index (χ0) is 26.5. The quantitative estimate of drug-likeness (QED) is 0.503. The molecule has 0 saturated carbocycles. The zero-order valence-electron chi connectivity index (χ0n) is 20.8. The van der Waals surface area contributed by atoms with Gasteiger partial charge in [-0.25, -0.2) is 4.79 Å². The molecule has 3 amide bonds. The lowest BCUT2D eigenvalue weighted by Gasteiger charge is -2.36. The first-order valence-corrected chi connectivity index (χ1v) is 12.1. The molecule has 0 aliphatic carbocycles. The molecule has 1 unspecified atom stereocenters. The number of primary amides is 1. The highest BCUT2D eigenvalue weighted by Crippen LogP contribution is 2.36. The number of carbonyl (C=O) groups excluding carboxylic acids is 3.